The van der Waals surface area contributed by atoms with Gasteiger partial charge in [-0.05, 0) is 35.4 Å². The first-order chi connectivity index (χ1) is 6.69. The number of aryl methyl sites for hydroxylation is 1. The summed E-state index contributed by atoms with van der Waals surface area (Å²) in [4.78, 5) is 0. The van der Waals surface area contributed by atoms with Crippen LogP contribution in [0.1, 0.15) is 43.4 Å². The van der Waals surface area contributed by atoms with Crippen molar-refractivity contribution >= 4 is 0 Å². The van der Waals surface area contributed by atoms with E-state index in [-0.39, 0.29) is 6.61 Å². The third kappa shape index (κ3) is 2.58. The van der Waals surface area contributed by atoms with Crippen molar-refractivity contribution in [3.05, 3.63) is 34.9 Å². The second-order valence-corrected chi connectivity index (χ2v) is 4.02. The topological polar surface area (TPSA) is 20.2 Å². The highest BCUT2D eigenvalue weighted by Gasteiger charge is 2.06. The molecule has 0 aliphatic carbocycles. The molecule has 0 atom stereocenters. The molecular formula is C13H20O. The Labute approximate surface area is 86.8 Å². The van der Waals surface area contributed by atoms with E-state index in [1.54, 1.807) is 0 Å². The highest BCUT2D eigenvalue weighted by atomic mass is 16.2. The maximum absolute atomic E-state index is 8.95. The molecule has 1 N–H and O–H groups in total. The van der Waals surface area contributed by atoms with Gasteiger partial charge in [0.05, 0.1) is 0 Å². The van der Waals surface area contributed by atoms with Crippen molar-refractivity contribution < 1.29 is 5.11 Å². The average Bonchev–Trinajstić information content (AvgIpc) is 2.18. The van der Waals surface area contributed by atoms with Crippen LogP contribution in [-0.4, -0.2) is 11.7 Å². The summed E-state index contributed by atoms with van der Waals surface area (Å²) in [6, 6.07) is 6.59. The Morgan fingerprint density at radius 1 is 1.29 bits per heavy atom. The van der Waals surface area contributed by atoms with Crippen molar-refractivity contribution in [2.24, 2.45) is 0 Å². The summed E-state index contributed by atoms with van der Waals surface area (Å²) in [5.74, 6) is 0.544. The Hall–Kier alpha value is -0.820. The largest absolute Gasteiger partial charge is 0.396 e. The fourth-order valence-electron chi connectivity index (χ4n) is 1.75. The van der Waals surface area contributed by atoms with E-state index in [2.05, 4.69) is 39.0 Å². The van der Waals surface area contributed by atoms with Gasteiger partial charge in [-0.1, -0.05) is 39.0 Å². The average molecular weight is 192 g/mol. The summed E-state index contributed by atoms with van der Waals surface area (Å²) in [6.07, 6.45) is 1.86. The molecule has 0 saturated heterocycles. The van der Waals surface area contributed by atoms with Crippen molar-refractivity contribution in [3.8, 4) is 0 Å². The molecule has 0 bridgehead atoms. The van der Waals surface area contributed by atoms with Crippen LogP contribution in [0.2, 0.25) is 0 Å². The molecule has 0 amide bonds. The van der Waals surface area contributed by atoms with Crippen LogP contribution in [0.3, 0.4) is 0 Å². The predicted octanol–water partition coefficient (Wildman–Crippen LogP) is 2.91. The highest BCUT2D eigenvalue weighted by molar-refractivity contribution is 5.34. The molecule has 1 rings (SSSR count). The van der Waals surface area contributed by atoms with Crippen LogP contribution in [0.25, 0.3) is 0 Å². The smallest absolute Gasteiger partial charge is 0.0471 e. The van der Waals surface area contributed by atoms with Gasteiger partial charge in [0.25, 0.3) is 0 Å². The molecule has 0 aliphatic heterocycles. The lowest BCUT2D eigenvalue weighted by Gasteiger charge is -2.13. The van der Waals surface area contributed by atoms with Gasteiger partial charge >= 0.3 is 0 Å². The molecule has 1 aromatic rings. The van der Waals surface area contributed by atoms with Crippen LogP contribution in [0.15, 0.2) is 18.2 Å². The fraction of sp³-hybridized carbons (Fsp3) is 0.538. The second-order valence-electron chi connectivity index (χ2n) is 4.02. The molecule has 0 unspecified atom stereocenters. The van der Waals surface area contributed by atoms with Gasteiger partial charge in [0.2, 0.25) is 0 Å². The van der Waals surface area contributed by atoms with Gasteiger partial charge in [-0.2, -0.15) is 0 Å². The molecule has 14 heavy (non-hydrogen) atoms. The van der Waals surface area contributed by atoms with E-state index < -0.39 is 0 Å². The van der Waals surface area contributed by atoms with Crippen LogP contribution in [0.4, 0.5) is 0 Å². The van der Waals surface area contributed by atoms with Crippen molar-refractivity contribution in [1.29, 1.82) is 0 Å². The van der Waals surface area contributed by atoms with Crippen LogP contribution in [0.5, 0.6) is 0 Å². The first-order valence-electron chi connectivity index (χ1n) is 5.41. The van der Waals surface area contributed by atoms with Gasteiger partial charge in [-0.3, -0.25) is 0 Å². The first kappa shape index (κ1) is 11.3. The van der Waals surface area contributed by atoms with Gasteiger partial charge in [-0.25, -0.2) is 0 Å². The molecule has 0 spiro atoms. The maximum Gasteiger partial charge on any atom is 0.0471 e. The van der Waals surface area contributed by atoms with E-state index in [0.717, 1.165) is 12.8 Å². The van der Waals surface area contributed by atoms with Gasteiger partial charge in [0, 0.05) is 6.61 Å². The monoisotopic (exact) mass is 192 g/mol. The number of aliphatic hydroxyl groups is 1. The third-order valence-corrected chi connectivity index (χ3v) is 2.62. The van der Waals surface area contributed by atoms with Crippen molar-refractivity contribution in [1.82, 2.24) is 0 Å². The standard InChI is InChI=1S/C13H20O/c1-4-11-5-6-12(7-8-14)13(9-11)10(2)3/h5-6,9-10,14H,4,7-8H2,1-3H3. The lowest BCUT2D eigenvalue weighted by molar-refractivity contribution is 0.299. The Morgan fingerprint density at radius 2 is 2.00 bits per heavy atom. The quantitative estimate of drug-likeness (QED) is 0.777. The summed E-state index contributed by atoms with van der Waals surface area (Å²) in [6.45, 7) is 6.82. The van der Waals surface area contributed by atoms with Crippen LogP contribution in [-0.2, 0) is 12.8 Å². The van der Waals surface area contributed by atoms with Crippen LogP contribution in [0, 0.1) is 0 Å². The van der Waals surface area contributed by atoms with Crippen LogP contribution < -0.4 is 0 Å². The second kappa shape index (κ2) is 5.16. The normalized spacial score (nSPS) is 10.9. The molecule has 1 heteroatoms. The molecule has 0 fully saturated rings. The maximum atomic E-state index is 8.95. The van der Waals surface area contributed by atoms with E-state index in [1.807, 2.05) is 0 Å². The van der Waals surface area contributed by atoms with Gasteiger partial charge in [0.1, 0.15) is 0 Å². The van der Waals surface area contributed by atoms with Gasteiger partial charge in [-0.15, -0.1) is 0 Å². The summed E-state index contributed by atoms with van der Waals surface area (Å²) in [7, 11) is 0. The van der Waals surface area contributed by atoms with E-state index >= 15 is 0 Å². The molecule has 1 aromatic carbocycles. The van der Waals surface area contributed by atoms with Crippen LogP contribution >= 0.6 is 0 Å². The Kier molecular flexibility index (Phi) is 4.15. The number of benzene rings is 1. The summed E-state index contributed by atoms with van der Waals surface area (Å²) < 4.78 is 0. The molecule has 1 nitrogen and oxygen atoms in total. The van der Waals surface area contributed by atoms with Gasteiger partial charge < -0.3 is 5.11 Å². The van der Waals surface area contributed by atoms with E-state index in [4.69, 9.17) is 5.11 Å². The van der Waals surface area contributed by atoms with Gasteiger partial charge in [0.15, 0.2) is 0 Å². The fourth-order valence-corrected chi connectivity index (χ4v) is 1.75. The van der Waals surface area contributed by atoms with E-state index in [0.29, 0.717) is 5.92 Å². The molecule has 0 saturated carbocycles. The third-order valence-electron chi connectivity index (χ3n) is 2.62. The Bertz CT molecular complexity index is 289. The lowest BCUT2D eigenvalue weighted by atomic mass is 9.93. The molecular weight excluding hydrogens is 172 g/mol. The number of rotatable bonds is 4. The number of hydrogen-bond acceptors (Lipinski definition) is 1. The van der Waals surface area contributed by atoms with Crippen molar-refractivity contribution in [2.45, 2.75) is 39.5 Å². The molecule has 0 aliphatic rings. The minimum Gasteiger partial charge on any atom is -0.396 e. The molecule has 0 radical (unpaired) electrons. The zero-order valence-corrected chi connectivity index (χ0v) is 9.38. The summed E-state index contributed by atoms with van der Waals surface area (Å²) >= 11 is 0. The zero-order valence-electron chi connectivity index (χ0n) is 9.38. The number of hydrogen-bond donors (Lipinski definition) is 1. The SMILES string of the molecule is CCc1ccc(CCO)c(C(C)C)c1. The minimum absolute atomic E-state index is 0.241. The first-order valence-corrected chi connectivity index (χ1v) is 5.41. The minimum atomic E-state index is 0.241. The highest BCUT2D eigenvalue weighted by Crippen LogP contribution is 2.21. The Balaban J connectivity index is 3.03. The predicted molar refractivity (Wildman–Crippen MR) is 60.7 cm³/mol. The number of aliphatic hydroxyl groups excluding tert-OH is 1. The van der Waals surface area contributed by atoms with E-state index in [1.165, 1.54) is 16.7 Å². The molecule has 78 valence electrons. The van der Waals surface area contributed by atoms with E-state index in [9.17, 15) is 0 Å². The molecule has 0 heterocycles. The molecule has 0 aromatic heterocycles. The van der Waals surface area contributed by atoms with Crippen molar-refractivity contribution in [2.75, 3.05) is 6.61 Å². The summed E-state index contributed by atoms with van der Waals surface area (Å²) in [5.41, 5.74) is 4.06. The van der Waals surface area contributed by atoms with Crippen molar-refractivity contribution in [3.63, 3.8) is 0 Å². The summed E-state index contributed by atoms with van der Waals surface area (Å²) in [5, 5.41) is 8.95. The lowest BCUT2D eigenvalue weighted by Crippen LogP contribution is -2.00. The zero-order chi connectivity index (χ0) is 10.6. The Morgan fingerprint density at radius 3 is 2.50 bits per heavy atom.